The molecular formula is C14H18N4O2. The summed E-state index contributed by atoms with van der Waals surface area (Å²) < 4.78 is 6.87. The van der Waals surface area contributed by atoms with Crippen LogP contribution in [-0.2, 0) is 6.54 Å². The first-order chi connectivity index (χ1) is 9.55. The number of hydrogen-bond donors (Lipinski definition) is 2. The molecule has 20 heavy (non-hydrogen) atoms. The molecule has 3 N–H and O–H groups in total. The third-order valence-corrected chi connectivity index (χ3v) is 2.93. The van der Waals surface area contributed by atoms with Gasteiger partial charge in [0.05, 0.1) is 18.5 Å². The van der Waals surface area contributed by atoms with E-state index in [9.17, 15) is 4.79 Å². The first kappa shape index (κ1) is 13.9. The molecule has 0 fully saturated rings. The smallest absolute Gasteiger partial charge is 0.278 e. The molecule has 2 rings (SSSR count). The second kappa shape index (κ2) is 5.64. The van der Waals surface area contributed by atoms with Gasteiger partial charge in [-0.25, -0.2) is 0 Å². The minimum absolute atomic E-state index is 0.217. The lowest BCUT2D eigenvalue weighted by Crippen LogP contribution is -2.15. The summed E-state index contributed by atoms with van der Waals surface area (Å²) in [4.78, 5) is 12.2. The number of methoxy groups -OCH3 is 1. The van der Waals surface area contributed by atoms with Crippen molar-refractivity contribution in [1.29, 1.82) is 0 Å². The first-order valence-corrected chi connectivity index (χ1v) is 6.34. The number of carbonyl (C=O) groups is 1. The van der Waals surface area contributed by atoms with Crippen molar-refractivity contribution in [3.8, 4) is 5.75 Å². The Morgan fingerprint density at radius 3 is 2.85 bits per heavy atom. The van der Waals surface area contributed by atoms with Crippen molar-refractivity contribution in [3.05, 3.63) is 35.7 Å². The van der Waals surface area contributed by atoms with E-state index in [2.05, 4.69) is 10.4 Å². The standard InChI is InChI=1S/C14H18N4O2/c1-4-18-8-10(15)13(17-18)14(19)16-11-6-5-9(2)7-12(11)20-3/h5-8H,4,15H2,1-3H3,(H,16,19). The molecule has 0 unspecified atom stereocenters. The summed E-state index contributed by atoms with van der Waals surface area (Å²) >= 11 is 0. The average Bonchev–Trinajstić information content (AvgIpc) is 2.82. The highest BCUT2D eigenvalue weighted by Crippen LogP contribution is 2.26. The average molecular weight is 274 g/mol. The lowest BCUT2D eigenvalue weighted by molar-refractivity contribution is 0.102. The summed E-state index contributed by atoms with van der Waals surface area (Å²) in [5.41, 5.74) is 8.01. The number of aryl methyl sites for hydroxylation is 2. The fraction of sp³-hybridized carbons (Fsp3) is 0.286. The summed E-state index contributed by atoms with van der Waals surface area (Å²) in [6, 6.07) is 5.54. The lowest BCUT2D eigenvalue weighted by Gasteiger charge is -2.10. The number of hydrogen-bond acceptors (Lipinski definition) is 4. The van der Waals surface area contributed by atoms with Crippen molar-refractivity contribution in [3.63, 3.8) is 0 Å². The highest BCUT2D eigenvalue weighted by Gasteiger charge is 2.16. The van der Waals surface area contributed by atoms with E-state index in [0.29, 0.717) is 23.7 Å². The number of benzene rings is 1. The zero-order valence-corrected chi connectivity index (χ0v) is 11.8. The number of ether oxygens (including phenoxy) is 1. The molecule has 0 radical (unpaired) electrons. The van der Waals surface area contributed by atoms with Gasteiger partial charge in [0.2, 0.25) is 0 Å². The summed E-state index contributed by atoms with van der Waals surface area (Å²) in [6.07, 6.45) is 1.64. The van der Waals surface area contributed by atoms with E-state index < -0.39 is 0 Å². The molecule has 0 bridgehead atoms. The number of carbonyl (C=O) groups excluding carboxylic acids is 1. The number of nitrogens with one attached hydrogen (secondary N) is 1. The first-order valence-electron chi connectivity index (χ1n) is 6.34. The van der Waals surface area contributed by atoms with Crippen molar-refractivity contribution in [2.24, 2.45) is 0 Å². The van der Waals surface area contributed by atoms with Gasteiger partial charge in [-0.15, -0.1) is 0 Å². The SMILES string of the molecule is CCn1cc(N)c(C(=O)Nc2ccc(C)cc2OC)n1. The maximum absolute atomic E-state index is 12.2. The Bertz CT molecular complexity index is 634. The molecule has 0 saturated carbocycles. The van der Waals surface area contributed by atoms with Gasteiger partial charge in [0.15, 0.2) is 5.69 Å². The molecule has 1 aromatic heterocycles. The minimum atomic E-state index is -0.350. The summed E-state index contributed by atoms with van der Waals surface area (Å²) in [5.74, 6) is 0.253. The van der Waals surface area contributed by atoms with Crippen molar-refractivity contribution in [2.45, 2.75) is 20.4 Å². The van der Waals surface area contributed by atoms with Crippen LogP contribution < -0.4 is 15.8 Å². The predicted molar refractivity (Wildman–Crippen MR) is 78.0 cm³/mol. The Balaban J connectivity index is 2.25. The molecule has 2 aromatic rings. The molecule has 0 aliphatic heterocycles. The molecule has 1 aromatic carbocycles. The van der Waals surface area contributed by atoms with Crippen LogP contribution in [0.15, 0.2) is 24.4 Å². The number of rotatable bonds is 4. The van der Waals surface area contributed by atoms with Crippen LogP contribution in [0.5, 0.6) is 5.75 Å². The van der Waals surface area contributed by atoms with Gasteiger partial charge < -0.3 is 15.8 Å². The van der Waals surface area contributed by atoms with Gasteiger partial charge in [-0.2, -0.15) is 5.10 Å². The van der Waals surface area contributed by atoms with Crippen molar-refractivity contribution in [1.82, 2.24) is 9.78 Å². The number of aromatic nitrogens is 2. The van der Waals surface area contributed by atoms with E-state index in [4.69, 9.17) is 10.5 Å². The number of nitrogen functional groups attached to an aromatic ring is 1. The zero-order chi connectivity index (χ0) is 14.7. The molecular weight excluding hydrogens is 256 g/mol. The second-order valence-corrected chi connectivity index (χ2v) is 4.45. The van der Waals surface area contributed by atoms with Crippen LogP contribution in [0.4, 0.5) is 11.4 Å². The predicted octanol–water partition coefficient (Wildman–Crippen LogP) is 2.05. The van der Waals surface area contributed by atoms with E-state index >= 15 is 0 Å². The van der Waals surface area contributed by atoms with Crippen LogP contribution in [0.25, 0.3) is 0 Å². The van der Waals surface area contributed by atoms with E-state index in [1.165, 1.54) is 0 Å². The van der Waals surface area contributed by atoms with Gasteiger partial charge >= 0.3 is 0 Å². The fourth-order valence-corrected chi connectivity index (χ4v) is 1.86. The lowest BCUT2D eigenvalue weighted by atomic mass is 10.2. The number of anilines is 2. The number of amides is 1. The van der Waals surface area contributed by atoms with Crippen LogP contribution >= 0.6 is 0 Å². The largest absolute Gasteiger partial charge is 0.495 e. The maximum atomic E-state index is 12.2. The molecule has 0 aliphatic rings. The topological polar surface area (TPSA) is 82.2 Å². The van der Waals surface area contributed by atoms with Crippen molar-refractivity contribution >= 4 is 17.3 Å². The molecule has 6 heteroatoms. The van der Waals surface area contributed by atoms with Gasteiger partial charge in [-0.3, -0.25) is 9.48 Å². The Hall–Kier alpha value is -2.50. The van der Waals surface area contributed by atoms with E-state index in [1.807, 2.05) is 26.0 Å². The van der Waals surface area contributed by atoms with Crippen LogP contribution in [0.3, 0.4) is 0 Å². The van der Waals surface area contributed by atoms with E-state index in [-0.39, 0.29) is 11.6 Å². The summed E-state index contributed by atoms with van der Waals surface area (Å²) in [6.45, 7) is 4.54. The summed E-state index contributed by atoms with van der Waals surface area (Å²) in [7, 11) is 1.56. The molecule has 6 nitrogen and oxygen atoms in total. The molecule has 1 amide bonds. The highest BCUT2D eigenvalue weighted by molar-refractivity contribution is 6.06. The molecule has 106 valence electrons. The monoisotopic (exact) mass is 274 g/mol. The fourth-order valence-electron chi connectivity index (χ4n) is 1.86. The third-order valence-electron chi connectivity index (χ3n) is 2.93. The van der Waals surface area contributed by atoms with Crippen molar-refractivity contribution in [2.75, 3.05) is 18.2 Å². The van der Waals surface area contributed by atoms with E-state index in [1.54, 1.807) is 24.1 Å². The Morgan fingerprint density at radius 2 is 2.25 bits per heavy atom. The van der Waals surface area contributed by atoms with E-state index in [0.717, 1.165) is 5.56 Å². The Labute approximate surface area is 117 Å². The Morgan fingerprint density at radius 1 is 1.50 bits per heavy atom. The van der Waals surface area contributed by atoms with Gasteiger partial charge in [0.25, 0.3) is 5.91 Å². The van der Waals surface area contributed by atoms with Gasteiger partial charge in [-0.1, -0.05) is 6.07 Å². The molecule has 0 spiro atoms. The minimum Gasteiger partial charge on any atom is -0.495 e. The quantitative estimate of drug-likeness (QED) is 0.894. The number of nitrogens with zero attached hydrogens (tertiary/aromatic N) is 2. The van der Waals surface area contributed by atoms with Crippen LogP contribution in [0.1, 0.15) is 23.0 Å². The zero-order valence-electron chi connectivity index (χ0n) is 11.8. The second-order valence-electron chi connectivity index (χ2n) is 4.45. The van der Waals surface area contributed by atoms with Crippen LogP contribution in [0.2, 0.25) is 0 Å². The maximum Gasteiger partial charge on any atom is 0.278 e. The van der Waals surface area contributed by atoms with Crippen molar-refractivity contribution < 1.29 is 9.53 Å². The Kier molecular flexibility index (Phi) is 3.93. The highest BCUT2D eigenvalue weighted by atomic mass is 16.5. The molecule has 1 heterocycles. The third kappa shape index (κ3) is 2.74. The normalized spacial score (nSPS) is 10.3. The molecule has 0 aliphatic carbocycles. The van der Waals surface area contributed by atoms with Gasteiger partial charge in [0.1, 0.15) is 5.75 Å². The van der Waals surface area contributed by atoms with Gasteiger partial charge in [-0.05, 0) is 31.5 Å². The summed E-state index contributed by atoms with van der Waals surface area (Å²) in [5, 5.41) is 6.90. The number of nitrogens with two attached hydrogens (primary N) is 1. The van der Waals surface area contributed by atoms with Crippen LogP contribution in [-0.4, -0.2) is 22.8 Å². The van der Waals surface area contributed by atoms with Gasteiger partial charge in [0, 0.05) is 12.7 Å². The molecule has 0 atom stereocenters. The molecule has 0 saturated heterocycles. The van der Waals surface area contributed by atoms with Crippen LogP contribution in [0, 0.1) is 6.92 Å².